The summed E-state index contributed by atoms with van der Waals surface area (Å²) in [7, 11) is 0. The van der Waals surface area contributed by atoms with Crippen LogP contribution in [0.3, 0.4) is 0 Å². The number of nitrogens with zero attached hydrogens (tertiary/aromatic N) is 3. The van der Waals surface area contributed by atoms with Gasteiger partial charge in [0.25, 0.3) is 0 Å². The second kappa shape index (κ2) is 5.89. The van der Waals surface area contributed by atoms with Crippen LogP contribution in [0.1, 0.15) is 31.6 Å². The molecule has 1 aliphatic carbocycles. The van der Waals surface area contributed by atoms with Gasteiger partial charge in [0.2, 0.25) is 11.7 Å². The number of pyridine rings is 1. The smallest absolute Gasteiger partial charge is 0.227 e. The van der Waals surface area contributed by atoms with Gasteiger partial charge in [-0.2, -0.15) is 4.98 Å². The van der Waals surface area contributed by atoms with Crippen LogP contribution >= 0.6 is 11.6 Å². The zero-order valence-corrected chi connectivity index (χ0v) is 11.9. The number of hydrogen-bond acceptors (Lipinski definition) is 5. The second-order valence-corrected chi connectivity index (χ2v) is 5.67. The molecule has 0 bridgehead atoms. The summed E-state index contributed by atoms with van der Waals surface area (Å²) in [6.45, 7) is 0. The normalized spacial score (nSPS) is 22.9. The van der Waals surface area contributed by atoms with E-state index in [4.69, 9.17) is 21.9 Å². The Balaban J connectivity index is 1.75. The van der Waals surface area contributed by atoms with Crippen molar-refractivity contribution >= 4 is 11.6 Å². The third-order valence-electron chi connectivity index (χ3n) is 3.84. The first-order chi connectivity index (χ1) is 9.74. The van der Waals surface area contributed by atoms with Crippen molar-refractivity contribution in [1.82, 2.24) is 15.1 Å². The van der Waals surface area contributed by atoms with E-state index in [0.717, 1.165) is 19.3 Å². The van der Waals surface area contributed by atoms with Crippen molar-refractivity contribution < 1.29 is 4.52 Å². The van der Waals surface area contributed by atoms with Gasteiger partial charge in [0.05, 0.1) is 5.02 Å². The lowest BCUT2D eigenvalue weighted by Crippen LogP contribution is -2.34. The minimum Gasteiger partial charge on any atom is -0.339 e. The van der Waals surface area contributed by atoms with Crippen LogP contribution in [-0.4, -0.2) is 21.2 Å². The highest BCUT2D eigenvalue weighted by atomic mass is 35.5. The second-order valence-electron chi connectivity index (χ2n) is 5.26. The molecule has 2 atom stereocenters. The van der Waals surface area contributed by atoms with E-state index in [1.54, 1.807) is 18.3 Å². The molecule has 2 unspecified atom stereocenters. The third-order valence-corrected chi connectivity index (χ3v) is 4.15. The van der Waals surface area contributed by atoms with Gasteiger partial charge in [0, 0.05) is 18.7 Å². The monoisotopic (exact) mass is 292 g/mol. The van der Waals surface area contributed by atoms with Gasteiger partial charge in [-0.05, 0) is 30.9 Å². The molecule has 2 aromatic heterocycles. The fourth-order valence-electron chi connectivity index (χ4n) is 2.70. The largest absolute Gasteiger partial charge is 0.339 e. The summed E-state index contributed by atoms with van der Waals surface area (Å²) in [6, 6.07) is 3.77. The third kappa shape index (κ3) is 2.83. The van der Waals surface area contributed by atoms with Crippen LogP contribution in [0, 0.1) is 5.92 Å². The molecule has 0 saturated heterocycles. The van der Waals surface area contributed by atoms with E-state index in [2.05, 4.69) is 15.1 Å². The summed E-state index contributed by atoms with van der Waals surface area (Å²) in [5.41, 5.74) is 6.70. The van der Waals surface area contributed by atoms with Crippen molar-refractivity contribution in [3.8, 4) is 11.5 Å². The first kappa shape index (κ1) is 13.5. The predicted molar refractivity (Wildman–Crippen MR) is 76.2 cm³/mol. The molecule has 20 heavy (non-hydrogen) atoms. The maximum atomic E-state index is 6.15. The van der Waals surface area contributed by atoms with Gasteiger partial charge in [-0.1, -0.05) is 29.6 Å². The van der Waals surface area contributed by atoms with Crippen molar-refractivity contribution in [3.63, 3.8) is 0 Å². The Labute approximate surface area is 122 Å². The van der Waals surface area contributed by atoms with E-state index in [-0.39, 0.29) is 6.04 Å². The Morgan fingerprint density at radius 2 is 2.20 bits per heavy atom. The summed E-state index contributed by atoms with van der Waals surface area (Å²) < 4.78 is 5.31. The van der Waals surface area contributed by atoms with Gasteiger partial charge in [-0.15, -0.1) is 0 Å². The number of hydrogen-bond donors (Lipinski definition) is 1. The topological polar surface area (TPSA) is 77.8 Å². The first-order valence-electron chi connectivity index (χ1n) is 6.93. The Morgan fingerprint density at radius 1 is 1.35 bits per heavy atom. The maximum absolute atomic E-state index is 6.15. The van der Waals surface area contributed by atoms with Gasteiger partial charge in [0.1, 0.15) is 5.69 Å². The minimum absolute atomic E-state index is 0.234. The van der Waals surface area contributed by atoms with Crippen molar-refractivity contribution in [2.75, 3.05) is 0 Å². The minimum atomic E-state index is 0.234. The van der Waals surface area contributed by atoms with E-state index >= 15 is 0 Å². The molecule has 6 heteroatoms. The van der Waals surface area contributed by atoms with Crippen LogP contribution in [0.15, 0.2) is 22.9 Å². The van der Waals surface area contributed by atoms with E-state index in [0.29, 0.717) is 28.3 Å². The Morgan fingerprint density at radius 3 is 3.00 bits per heavy atom. The van der Waals surface area contributed by atoms with E-state index in [1.165, 1.54) is 12.8 Å². The molecule has 106 valence electrons. The molecule has 0 aromatic carbocycles. The van der Waals surface area contributed by atoms with Crippen LogP contribution in [0.4, 0.5) is 0 Å². The fraction of sp³-hybridized carbons (Fsp3) is 0.500. The van der Waals surface area contributed by atoms with Gasteiger partial charge in [-0.3, -0.25) is 4.98 Å². The van der Waals surface area contributed by atoms with Gasteiger partial charge in [0.15, 0.2) is 0 Å². The van der Waals surface area contributed by atoms with Crippen molar-refractivity contribution in [2.24, 2.45) is 11.7 Å². The average Bonchev–Trinajstić information content (AvgIpc) is 2.90. The molecule has 2 N–H and O–H groups in total. The van der Waals surface area contributed by atoms with Gasteiger partial charge in [-0.25, -0.2) is 0 Å². The molecular weight excluding hydrogens is 276 g/mol. The number of nitrogens with two attached hydrogens (primary N) is 1. The van der Waals surface area contributed by atoms with E-state index in [1.807, 2.05) is 0 Å². The molecular formula is C14H17ClN4O. The SMILES string of the molecule is NC1CCCCC1Cc1nc(-c2ncccc2Cl)no1. The fourth-order valence-corrected chi connectivity index (χ4v) is 2.90. The lowest BCUT2D eigenvalue weighted by atomic mass is 9.83. The molecule has 0 radical (unpaired) electrons. The predicted octanol–water partition coefficient (Wildman–Crippen LogP) is 2.85. The molecule has 3 rings (SSSR count). The van der Waals surface area contributed by atoms with Crippen LogP contribution in [0.2, 0.25) is 5.02 Å². The van der Waals surface area contributed by atoms with E-state index in [9.17, 15) is 0 Å². The van der Waals surface area contributed by atoms with Crippen molar-refractivity contribution in [2.45, 2.75) is 38.1 Å². The first-order valence-corrected chi connectivity index (χ1v) is 7.31. The molecule has 1 saturated carbocycles. The number of halogens is 1. The molecule has 2 aromatic rings. The molecule has 2 heterocycles. The summed E-state index contributed by atoms with van der Waals surface area (Å²) in [4.78, 5) is 8.57. The van der Waals surface area contributed by atoms with Crippen LogP contribution in [0.5, 0.6) is 0 Å². The Kier molecular flexibility index (Phi) is 3.98. The summed E-state index contributed by atoms with van der Waals surface area (Å²) in [5, 5.41) is 4.49. The van der Waals surface area contributed by atoms with Crippen LogP contribution in [0.25, 0.3) is 11.5 Å². The number of aromatic nitrogens is 3. The zero-order valence-electron chi connectivity index (χ0n) is 11.1. The lowest BCUT2D eigenvalue weighted by molar-refractivity contribution is 0.273. The molecule has 1 aliphatic rings. The van der Waals surface area contributed by atoms with Gasteiger partial charge < -0.3 is 10.3 Å². The standard InChI is InChI=1S/C14H17ClN4O/c15-10-5-3-7-17-13(10)14-18-12(20-19-14)8-9-4-1-2-6-11(9)16/h3,5,7,9,11H,1-2,4,6,8,16H2. The summed E-state index contributed by atoms with van der Waals surface area (Å²) in [5.74, 6) is 1.48. The summed E-state index contributed by atoms with van der Waals surface area (Å²) >= 11 is 6.08. The Hall–Kier alpha value is -1.46. The van der Waals surface area contributed by atoms with Gasteiger partial charge >= 0.3 is 0 Å². The Bertz CT molecular complexity index is 586. The number of rotatable bonds is 3. The van der Waals surface area contributed by atoms with Crippen molar-refractivity contribution in [1.29, 1.82) is 0 Å². The lowest BCUT2D eigenvalue weighted by Gasteiger charge is -2.27. The highest BCUT2D eigenvalue weighted by Crippen LogP contribution is 2.27. The molecule has 1 fully saturated rings. The highest BCUT2D eigenvalue weighted by Gasteiger charge is 2.24. The average molecular weight is 293 g/mol. The summed E-state index contributed by atoms with van der Waals surface area (Å²) in [6.07, 6.45) is 7.05. The highest BCUT2D eigenvalue weighted by molar-refractivity contribution is 6.32. The molecule has 0 amide bonds. The van der Waals surface area contributed by atoms with Crippen LogP contribution < -0.4 is 5.73 Å². The molecule has 0 aliphatic heterocycles. The zero-order chi connectivity index (χ0) is 13.9. The quantitative estimate of drug-likeness (QED) is 0.941. The van der Waals surface area contributed by atoms with Crippen LogP contribution in [-0.2, 0) is 6.42 Å². The van der Waals surface area contributed by atoms with Crippen molar-refractivity contribution in [3.05, 3.63) is 29.2 Å². The molecule has 0 spiro atoms. The maximum Gasteiger partial charge on any atom is 0.227 e. The molecule has 5 nitrogen and oxygen atoms in total. The van der Waals surface area contributed by atoms with E-state index < -0.39 is 0 Å².